The Morgan fingerprint density at radius 1 is 1.37 bits per heavy atom. The fourth-order valence-electron chi connectivity index (χ4n) is 2.22. The predicted octanol–water partition coefficient (Wildman–Crippen LogP) is 0.593. The summed E-state index contributed by atoms with van der Waals surface area (Å²) in [6.07, 6.45) is 0.442. The van der Waals surface area contributed by atoms with Gasteiger partial charge in [-0.1, -0.05) is 6.42 Å². The summed E-state index contributed by atoms with van der Waals surface area (Å²) in [5, 5.41) is 19.3. The van der Waals surface area contributed by atoms with Crippen molar-refractivity contribution >= 4 is 5.97 Å². The first-order chi connectivity index (χ1) is 8.89. The van der Waals surface area contributed by atoms with Crippen molar-refractivity contribution in [2.75, 3.05) is 13.7 Å². The molecule has 1 saturated heterocycles. The van der Waals surface area contributed by atoms with E-state index in [4.69, 9.17) is 9.47 Å². The van der Waals surface area contributed by atoms with Gasteiger partial charge in [0.2, 0.25) is 0 Å². The second-order valence-electron chi connectivity index (χ2n) is 5.21. The van der Waals surface area contributed by atoms with Crippen molar-refractivity contribution in [3.8, 4) is 0 Å². The molecule has 6 heteroatoms. The maximum atomic E-state index is 10.9. The lowest BCUT2D eigenvalue weighted by atomic mass is 10.0. The number of aliphatic hydroxyl groups is 2. The van der Waals surface area contributed by atoms with Crippen LogP contribution in [0.1, 0.15) is 39.5 Å². The zero-order valence-corrected chi connectivity index (χ0v) is 11.8. The summed E-state index contributed by atoms with van der Waals surface area (Å²) in [7, 11) is 1.36. The highest BCUT2D eigenvalue weighted by atomic mass is 16.8. The molecule has 19 heavy (non-hydrogen) atoms. The van der Waals surface area contributed by atoms with Crippen LogP contribution in [-0.2, 0) is 19.0 Å². The normalized spacial score (nSPS) is 27.2. The molecule has 2 N–H and O–H groups in total. The number of aliphatic hydroxyl groups excluding tert-OH is 2. The van der Waals surface area contributed by atoms with E-state index in [1.165, 1.54) is 7.11 Å². The average molecular weight is 276 g/mol. The number of unbranched alkanes of at least 4 members (excludes halogenated alkanes) is 1. The van der Waals surface area contributed by atoms with Crippen molar-refractivity contribution in [2.45, 2.75) is 63.6 Å². The van der Waals surface area contributed by atoms with Gasteiger partial charge >= 0.3 is 5.97 Å². The van der Waals surface area contributed by atoms with Crippen LogP contribution in [0.4, 0.5) is 0 Å². The first kappa shape index (κ1) is 16.4. The highest BCUT2D eigenvalue weighted by Crippen LogP contribution is 2.31. The van der Waals surface area contributed by atoms with Gasteiger partial charge in [-0.25, -0.2) is 0 Å². The van der Waals surface area contributed by atoms with Gasteiger partial charge in [0, 0.05) is 6.42 Å². The molecule has 0 spiro atoms. The smallest absolute Gasteiger partial charge is 0.305 e. The largest absolute Gasteiger partial charge is 0.469 e. The molecule has 0 aromatic rings. The Morgan fingerprint density at radius 2 is 2.05 bits per heavy atom. The summed E-state index contributed by atoms with van der Waals surface area (Å²) in [4.78, 5) is 10.9. The Labute approximate surface area is 113 Å². The molecule has 0 bridgehead atoms. The van der Waals surface area contributed by atoms with Gasteiger partial charge in [0.05, 0.1) is 19.8 Å². The SMILES string of the molecule is COC(=O)CCCC[C@@H](O)[C@@H]1OC(C)(C)O[C@@H]1CO. The first-order valence-corrected chi connectivity index (χ1v) is 6.61. The van der Waals surface area contributed by atoms with Gasteiger partial charge in [-0.2, -0.15) is 0 Å². The molecule has 0 saturated carbocycles. The van der Waals surface area contributed by atoms with Crippen LogP contribution in [0.15, 0.2) is 0 Å². The van der Waals surface area contributed by atoms with Crippen molar-refractivity contribution in [3.05, 3.63) is 0 Å². The topological polar surface area (TPSA) is 85.2 Å². The number of carbonyl (C=O) groups is 1. The third kappa shape index (κ3) is 5.06. The second kappa shape index (κ2) is 7.19. The molecule has 1 rings (SSSR count). The Morgan fingerprint density at radius 3 is 2.63 bits per heavy atom. The number of methoxy groups -OCH3 is 1. The Bertz CT molecular complexity index is 291. The molecule has 6 nitrogen and oxygen atoms in total. The third-order valence-electron chi connectivity index (χ3n) is 3.14. The molecule has 0 aromatic heterocycles. The number of esters is 1. The van der Waals surface area contributed by atoms with E-state index in [2.05, 4.69) is 4.74 Å². The molecule has 1 heterocycles. The maximum absolute atomic E-state index is 10.9. The summed E-state index contributed by atoms with van der Waals surface area (Å²) >= 11 is 0. The van der Waals surface area contributed by atoms with E-state index < -0.39 is 24.1 Å². The van der Waals surface area contributed by atoms with Gasteiger partial charge in [-0.05, 0) is 26.7 Å². The van der Waals surface area contributed by atoms with E-state index in [1.54, 1.807) is 13.8 Å². The van der Waals surface area contributed by atoms with Gasteiger partial charge in [-0.3, -0.25) is 4.79 Å². The highest BCUT2D eigenvalue weighted by molar-refractivity contribution is 5.68. The van der Waals surface area contributed by atoms with Crippen LogP contribution in [0.25, 0.3) is 0 Å². The Hall–Kier alpha value is -0.690. The molecule has 1 aliphatic heterocycles. The predicted molar refractivity (Wildman–Crippen MR) is 67.4 cm³/mol. The first-order valence-electron chi connectivity index (χ1n) is 6.61. The number of rotatable bonds is 7. The van der Waals surface area contributed by atoms with Crippen molar-refractivity contribution in [1.82, 2.24) is 0 Å². The van der Waals surface area contributed by atoms with Gasteiger partial charge in [0.1, 0.15) is 12.2 Å². The lowest BCUT2D eigenvalue weighted by molar-refractivity contribution is -0.157. The summed E-state index contributed by atoms with van der Waals surface area (Å²) < 4.78 is 15.6. The maximum Gasteiger partial charge on any atom is 0.305 e. The van der Waals surface area contributed by atoms with Gasteiger partial charge in [0.15, 0.2) is 5.79 Å². The third-order valence-corrected chi connectivity index (χ3v) is 3.14. The molecule has 0 aliphatic carbocycles. The highest BCUT2D eigenvalue weighted by Gasteiger charge is 2.44. The molecule has 3 atom stereocenters. The molecule has 0 aromatic carbocycles. The molecule has 0 unspecified atom stereocenters. The second-order valence-corrected chi connectivity index (χ2v) is 5.21. The van der Waals surface area contributed by atoms with Crippen molar-refractivity contribution in [3.63, 3.8) is 0 Å². The number of hydrogen-bond acceptors (Lipinski definition) is 6. The monoisotopic (exact) mass is 276 g/mol. The number of hydrogen-bond donors (Lipinski definition) is 2. The minimum absolute atomic E-state index is 0.187. The Kier molecular flexibility index (Phi) is 6.19. The minimum atomic E-state index is -0.787. The van der Waals surface area contributed by atoms with Crippen LogP contribution in [-0.4, -0.2) is 54.0 Å². The Balaban J connectivity index is 2.32. The van der Waals surface area contributed by atoms with Crippen molar-refractivity contribution < 1.29 is 29.2 Å². The lowest BCUT2D eigenvalue weighted by Gasteiger charge is -2.21. The lowest BCUT2D eigenvalue weighted by Crippen LogP contribution is -2.37. The molecule has 112 valence electrons. The summed E-state index contributed by atoms with van der Waals surface area (Å²) in [5.74, 6) is -1.03. The molecule has 1 aliphatic rings. The summed E-state index contributed by atoms with van der Waals surface area (Å²) in [5.41, 5.74) is 0. The van der Waals surface area contributed by atoms with E-state index >= 15 is 0 Å². The van der Waals surface area contributed by atoms with Crippen LogP contribution in [0, 0.1) is 0 Å². The standard InChI is InChI=1S/C13H24O6/c1-13(2)18-10(8-14)12(19-13)9(15)6-4-5-7-11(16)17-3/h9-10,12,14-15H,4-8H2,1-3H3/t9-,10-,12+/m1/s1. The average Bonchev–Trinajstić information content (AvgIpc) is 2.69. The fraction of sp³-hybridized carbons (Fsp3) is 0.923. The molecule has 0 radical (unpaired) electrons. The molecular formula is C13H24O6. The van der Waals surface area contributed by atoms with Crippen LogP contribution >= 0.6 is 0 Å². The van der Waals surface area contributed by atoms with Gasteiger partial charge in [-0.15, -0.1) is 0 Å². The van der Waals surface area contributed by atoms with Crippen molar-refractivity contribution in [1.29, 1.82) is 0 Å². The van der Waals surface area contributed by atoms with Gasteiger partial charge < -0.3 is 24.4 Å². The van der Waals surface area contributed by atoms with E-state index in [0.717, 1.165) is 0 Å². The van der Waals surface area contributed by atoms with Crippen molar-refractivity contribution in [2.24, 2.45) is 0 Å². The van der Waals surface area contributed by atoms with Crippen LogP contribution in [0.3, 0.4) is 0 Å². The molecular weight excluding hydrogens is 252 g/mol. The number of carbonyl (C=O) groups excluding carboxylic acids is 1. The van der Waals surface area contributed by atoms with Crippen LogP contribution < -0.4 is 0 Å². The summed E-state index contributed by atoms with van der Waals surface area (Å²) in [6.45, 7) is 3.31. The molecule has 0 amide bonds. The van der Waals surface area contributed by atoms with Crippen LogP contribution in [0.5, 0.6) is 0 Å². The van der Waals surface area contributed by atoms with Gasteiger partial charge in [0.25, 0.3) is 0 Å². The number of ether oxygens (including phenoxy) is 3. The zero-order valence-electron chi connectivity index (χ0n) is 11.8. The van der Waals surface area contributed by atoms with E-state index in [9.17, 15) is 15.0 Å². The van der Waals surface area contributed by atoms with E-state index in [1.807, 2.05) is 0 Å². The minimum Gasteiger partial charge on any atom is -0.469 e. The quantitative estimate of drug-likeness (QED) is 0.523. The summed E-state index contributed by atoms with van der Waals surface area (Å²) in [6, 6.07) is 0. The van der Waals surface area contributed by atoms with E-state index in [-0.39, 0.29) is 12.6 Å². The fourth-order valence-corrected chi connectivity index (χ4v) is 2.22. The zero-order chi connectivity index (χ0) is 14.5. The van der Waals surface area contributed by atoms with E-state index in [0.29, 0.717) is 25.7 Å². The molecule has 1 fully saturated rings. The van der Waals surface area contributed by atoms with Crippen LogP contribution in [0.2, 0.25) is 0 Å².